The van der Waals surface area contributed by atoms with Gasteiger partial charge in [0.15, 0.2) is 0 Å². The second-order valence-corrected chi connectivity index (χ2v) is 4.84. The van der Waals surface area contributed by atoms with E-state index in [9.17, 15) is 4.79 Å². The van der Waals surface area contributed by atoms with Gasteiger partial charge in [-0.15, -0.1) is 0 Å². The van der Waals surface area contributed by atoms with Crippen molar-refractivity contribution < 1.29 is 14.6 Å². The molecule has 0 aromatic heterocycles. The second-order valence-electron chi connectivity index (χ2n) is 4.84. The molecule has 0 bridgehead atoms. The number of esters is 1. The fourth-order valence-electron chi connectivity index (χ4n) is 1.44. The predicted octanol–water partition coefficient (Wildman–Crippen LogP) is 0.935. The monoisotopic (exact) mass is 217 g/mol. The van der Waals surface area contributed by atoms with Crippen LogP contribution in [-0.4, -0.2) is 36.9 Å². The number of carbonyl (C=O) groups is 1. The van der Waals surface area contributed by atoms with E-state index in [1.54, 1.807) is 6.92 Å². The number of methoxy groups -OCH3 is 1. The molecule has 2 unspecified atom stereocenters. The molecule has 0 fully saturated rings. The maximum absolute atomic E-state index is 11.2. The molecule has 0 saturated heterocycles. The van der Waals surface area contributed by atoms with Crippen LogP contribution in [-0.2, 0) is 9.53 Å². The number of aliphatic hydroxyl groups excluding tert-OH is 1. The fourth-order valence-corrected chi connectivity index (χ4v) is 1.44. The Morgan fingerprint density at radius 3 is 2.33 bits per heavy atom. The molecule has 4 nitrogen and oxygen atoms in total. The van der Waals surface area contributed by atoms with Crippen LogP contribution in [0.4, 0.5) is 0 Å². The van der Waals surface area contributed by atoms with Gasteiger partial charge in [-0.3, -0.25) is 4.79 Å². The van der Waals surface area contributed by atoms with E-state index in [2.05, 4.69) is 30.8 Å². The van der Waals surface area contributed by atoms with Crippen molar-refractivity contribution in [1.29, 1.82) is 0 Å². The standard InChI is InChI=1S/C11H23NO3/c1-8(10(14)15-5)12-9(6-7-13)11(2,3)4/h8-9,12-13H,6-7H2,1-5H3. The molecule has 2 atom stereocenters. The van der Waals surface area contributed by atoms with Gasteiger partial charge in [0.05, 0.1) is 7.11 Å². The molecule has 2 N–H and O–H groups in total. The summed E-state index contributed by atoms with van der Waals surface area (Å²) in [6.45, 7) is 8.10. The van der Waals surface area contributed by atoms with Gasteiger partial charge >= 0.3 is 5.97 Å². The highest BCUT2D eigenvalue weighted by atomic mass is 16.5. The number of rotatable bonds is 5. The van der Waals surface area contributed by atoms with Crippen LogP contribution in [0.25, 0.3) is 0 Å². The molecule has 4 heteroatoms. The Balaban J connectivity index is 4.35. The lowest BCUT2D eigenvalue weighted by Gasteiger charge is -2.33. The van der Waals surface area contributed by atoms with Gasteiger partial charge in [-0.05, 0) is 18.8 Å². The zero-order chi connectivity index (χ0) is 12.1. The number of carbonyl (C=O) groups excluding carboxylic acids is 1. The zero-order valence-corrected chi connectivity index (χ0v) is 10.3. The lowest BCUT2D eigenvalue weighted by molar-refractivity contribution is -0.143. The number of hydrogen-bond acceptors (Lipinski definition) is 4. The molecular formula is C11H23NO3. The highest BCUT2D eigenvalue weighted by Crippen LogP contribution is 2.22. The first-order valence-corrected chi connectivity index (χ1v) is 5.27. The summed E-state index contributed by atoms with van der Waals surface area (Å²) in [5, 5.41) is 12.1. The quantitative estimate of drug-likeness (QED) is 0.673. The molecule has 0 amide bonds. The van der Waals surface area contributed by atoms with Crippen molar-refractivity contribution in [2.24, 2.45) is 5.41 Å². The molecule has 90 valence electrons. The van der Waals surface area contributed by atoms with Crippen molar-refractivity contribution >= 4 is 5.97 Å². The molecule has 0 aromatic carbocycles. The van der Waals surface area contributed by atoms with Gasteiger partial charge < -0.3 is 15.2 Å². The Morgan fingerprint density at radius 2 is 2.00 bits per heavy atom. The molecule has 0 rings (SSSR count). The molecule has 0 aliphatic carbocycles. The summed E-state index contributed by atoms with van der Waals surface area (Å²) in [4.78, 5) is 11.2. The summed E-state index contributed by atoms with van der Waals surface area (Å²) in [6.07, 6.45) is 0.630. The lowest BCUT2D eigenvalue weighted by atomic mass is 9.84. The van der Waals surface area contributed by atoms with Gasteiger partial charge in [-0.25, -0.2) is 0 Å². The van der Waals surface area contributed by atoms with Gasteiger partial charge in [0, 0.05) is 12.6 Å². The highest BCUT2D eigenvalue weighted by Gasteiger charge is 2.27. The van der Waals surface area contributed by atoms with Crippen molar-refractivity contribution in [2.45, 2.75) is 46.2 Å². The van der Waals surface area contributed by atoms with E-state index >= 15 is 0 Å². The van der Waals surface area contributed by atoms with Gasteiger partial charge in [-0.1, -0.05) is 20.8 Å². The van der Waals surface area contributed by atoms with Crippen LogP contribution in [0.1, 0.15) is 34.1 Å². The Bertz CT molecular complexity index is 198. The van der Waals surface area contributed by atoms with E-state index in [4.69, 9.17) is 5.11 Å². The van der Waals surface area contributed by atoms with Crippen LogP contribution in [0.3, 0.4) is 0 Å². The number of ether oxygens (including phenoxy) is 1. The normalized spacial score (nSPS) is 15.9. The molecule has 0 radical (unpaired) electrons. The Hall–Kier alpha value is -0.610. The van der Waals surface area contributed by atoms with E-state index in [1.165, 1.54) is 7.11 Å². The minimum Gasteiger partial charge on any atom is -0.468 e. The minimum absolute atomic E-state index is 0.00497. The predicted molar refractivity (Wildman–Crippen MR) is 59.6 cm³/mol. The first kappa shape index (κ1) is 14.4. The molecule has 0 aromatic rings. The van der Waals surface area contributed by atoms with E-state index in [-0.39, 0.29) is 30.1 Å². The van der Waals surface area contributed by atoms with Crippen LogP contribution in [0.5, 0.6) is 0 Å². The van der Waals surface area contributed by atoms with Crippen molar-refractivity contribution in [1.82, 2.24) is 5.32 Å². The fraction of sp³-hybridized carbons (Fsp3) is 0.909. The molecule has 15 heavy (non-hydrogen) atoms. The van der Waals surface area contributed by atoms with Crippen molar-refractivity contribution in [3.8, 4) is 0 Å². The first-order chi connectivity index (χ1) is 6.82. The van der Waals surface area contributed by atoms with Crippen molar-refractivity contribution in [2.75, 3.05) is 13.7 Å². The molecule has 0 aliphatic heterocycles. The van der Waals surface area contributed by atoms with Gasteiger partial charge in [0.25, 0.3) is 0 Å². The molecule has 0 heterocycles. The maximum atomic E-state index is 11.2. The van der Waals surface area contributed by atoms with Crippen LogP contribution < -0.4 is 5.32 Å². The van der Waals surface area contributed by atoms with Crippen molar-refractivity contribution in [3.05, 3.63) is 0 Å². The average molecular weight is 217 g/mol. The summed E-state index contributed by atoms with van der Waals surface area (Å²) in [5.41, 5.74) is 0.00497. The summed E-state index contributed by atoms with van der Waals surface area (Å²) in [5.74, 6) is -0.276. The number of aliphatic hydroxyl groups is 1. The molecule has 0 spiro atoms. The van der Waals surface area contributed by atoms with Gasteiger partial charge in [-0.2, -0.15) is 0 Å². The summed E-state index contributed by atoms with van der Waals surface area (Å²) in [7, 11) is 1.37. The topological polar surface area (TPSA) is 58.6 Å². The highest BCUT2D eigenvalue weighted by molar-refractivity contribution is 5.75. The summed E-state index contributed by atoms with van der Waals surface area (Å²) in [6, 6.07) is -0.248. The summed E-state index contributed by atoms with van der Waals surface area (Å²) >= 11 is 0. The largest absolute Gasteiger partial charge is 0.468 e. The third-order valence-corrected chi connectivity index (χ3v) is 2.47. The van der Waals surface area contributed by atoms with Crippen LogP contribution in [0, 0.1) is 5.41 Å². The third-order valence-electron chi connectivity index (χ3n) is 2.47. The minimum atomic E-state index is -0.342. The smallest absolute Gasteiger partial charge is 0.322 e. The van der Waals surface area contributed by atoms with Crippen molar-refractivity contribution in [3.63, 3.8) is 0 Å². The number of hydrogen-bond donors (Lipinski definition) is 2. The average Bonchev–Trinajstić information content (AvgIpc) is 2.14. The van der Waals surface area contributed by atoms with Gasteiger partial charge in [0.2, 0.25) is 0 Å². The number of nitrogens with one attached hydrogen (secondary N) is 1. The van der Waals surface area contributed by atoms with Crippen LogP contribution in [0.15, 0.2) is 0 Å². The van der Waals surface area contributed by atoms with Crippen LogP contribution in [0.2, 0.25) is 0 Å². The zero-order valence-electron chi connectivity index (χ0n) is 10.3. The van der Waals surface area contributed by atoms with E-state index in [0.29, 0.717) is 6.42 Å². The third kappa shape index (κ3) is 5.14. The van der Waals surface area contributed by atoms with Gasteiger partial charge in [0.1, 0.15) is 6.04 Å². The van der Waals surface area contributed by atoms with E-state index in [0.717, 1.165) is 0 Å². The Labute approximate surface area is 92.0 Å². The Morgan fingerprint density at radius 1 is 1.47 bits per heavy atom. The lowest BCUT2D eigenvalue weighted by Crippen LogP contribution is -2.48. The summed E-state index contributed by atoms with van der Waals surface area (Å²) < 4.78 is 4.64. The first-order valence-electron chi connectivity index (χ1n) is 5.27. The van der Waals surface area contributed by atoms with Crippen LogP contribution >= 0.6 is 0 Å². The molecule has 0 saturated carbocycles. The van der Waals surface area contributed by atoms with E-state index in [1.807, 2.05) is 0 Å². The maximum Gasteiger partial charge on any atom is 0.322 e. The van der Waals surface area contributed by atoms with E-state index < -0.39 is 0 Å². The molecular weight excluding hydrogens is 194 g/mol. The SMILES string of the molecule is COC(=O)C(C)NC(CCO)C(C)(C)C. The molecule has 0 aliphatic rings. The second kappa shape index (κ2) is 6.08. The Kier molecular flexibility index (Phi) is 5.83.